The molecule has 0 spiro atoms. The molecule has 0 saturated carbocycles. The lowest BCUT2D eigenvalue weighted by Crippen LogP contribution is -2.17. The lowest BCUT2D eigenvalue weighted by molar-refractivity contribution is 0.550. The second-order valence-corrected chi connectivity index (χ2v) is 3.11. The molecule has 1 heterocycles. The predicted molar refractivity (Wildman–Crippen MR) is 32.0 cm³/mol. The molecule has 1 aliphatic rings. The molecule has 0 radical (unpaired) electrons. The van der Waals surface area contributed by atoms with Gasteiger partial charge in [0.2, 0.25) is 0 Å². The highest BCUT2D eigenvalue weighted by molar-refractivity contribution is 7.79. The van der Waals surface area contributed by atoms with Gasteiger partial charge < -0.3 is 9.87 Å². The van der Waals surface area contributed by atoms with Crippen LogP contribution in [-0.2, 0) is 11.1 Å². The van der Waals surface area contributed by atoms with Gasteiger partial charge in [0.05, 0.1) is 5.25 Å². The molecular formula is C4H9NO2S. The highest BCUT2D eigenvalue weighted by Crippen LogP contribution is 2.02. The summed E-state index contributed by atoms with van der Waals surface area (Å²) >= 11 is -1.60. The zero-order valence-corrected chi connectivity index (χ0v) is 5.28. The fraction of sp³-hybridized carbons (Fsp3) is 1.00. The van der Waals surface area contributed by atoms with Crippen LogP contribution in [0.3, 0.4) is 0 Å². The van der Waals surface area contributed by atoms with E-state index in [4.69, 9.17) is 4.55 Å². The molecule has 2 atom stereocenters. The van der Waals surface area contributed by atoms with E-state index in [-0.39, 0.29) is 5.25 Å². The molecule has 0 bridgehead atoms. The molecule has 48 valence electrons. The van der Waals surface area contributed by atoms with Crippen LogP contribution in [0, 0.1) is 0 Å². The van der Waals surface area contributed by atoms with E-state index in [1.54, 1.807) is 0 Å². The smallest absolute Gasteiger partial charge is 0.157 e. The van der Waals surface area contributed by atoms with Gasteiger partial charge in [-0.2, -0.15) is 0 Å². The van der Waals surface area contributed by atoms with Crippen molar-refractivity contribution in [2.24, 2.45) is 0 Å². The summed E-state index contributed by atoms with van der Waals surface area (Å²) < 4.78 is 18.8. The van der Waals surface area contributed by atoms with Crippen LogP contribution < -0.4 is 5.32 Å². The van der Waals surface area contributed by atoms with Crippen molar-refractivity contribution in [3.63, 3.8) is 0 Å². The van der Waals surface area contributed by atoms with E-state index in [1.165, 1.54) is 0 Å². The number of rotatable bonds is 1. The van der Waals surface area contributed by atoms with E-state index in [2.05, 4.69) is 5.32 Å². The Kier molecular flexibility index (Phi) is 1.99. The fourth-order valence-electron chi connectivity index (χ4n) is 0.800. The molecule has 0 aliphatic carbocycles. The van der Waals surface area contributed by atoms with Crippen LogP contribution in [0.2, 0.25) is 0 Å². The summed E-state index contributed by atoms with van der Waals surface area (Å²) in [6.07, 6.45) is 0.836. The highest BCUT2D eigenvalue weighted by atomic mass is 32.2. The van der Waals surface area contributed by atoms with E-state index in [0.717, 1.165) is 13.0 Å². The third kappa shape index (κ3) is 1.27. The molecular weight excluding hydrogens is 126 g/mol. The van der Waals surface area contributed by atoms with Crippen LogP contribution in [-0.4, -0.2) is 27.1 Å². The third-order valence-electron chi connectivity index (χ3n) is 1.30. The first-order chi connectivity index (χ1) is 3.80. The van der Waals surface area contributed by atoms with Crippen LogP contribution in [0.4, 0.5) is 0 Å². The molecule has 4 heteroatoms. The van der Waals surface area contributed by atoms with Crippen LogP contribution in [0.5, 0.6) is 0 Å². The molecule has 1 saturated heterocycles. The van der Waals surface area contributed by atoms with Gasteiger partial charge in [0.25, 0.3) is 0 Å². The minimum absolute atomic E-state index is 0.0185. The molecule has 1 fully saturated rings. The third-order valence-corrected chi connectivity index (χ3v) is 2.27. The first-order valence-electron chi connectivity index (χ1n) is 2.61. The van der Waals surface area contributed by atoms with Crippen molar-refractivity contribution in [3.8, 4) is 0 Å². The Balaban J connectivity index is 2.35. The summed E-state index contributed by atoms with van der Waals surface area (Å²) in [5.41, 5.74) is 0. The Labute approximate surface area is 50.8 Å². The van der Waals surface area contributed by atoms with Crippen molar-refractivity contribution in [3.05, 3.63) is 0 Å². The van der Waals surface area contributed by atoms with Gasteiger partial charge in [-0.1, -0.05) is 0 Å². The van der Waals surface area contributed by atoms with Gasteiger partial charge >= 0.3 is 0 Å². The van der Waals surface area contributed by atoms with Crippen LogP contribution in [0.15, 0.2) is 0 Å². The Morgan fingerprint density at radius 2 is 2.50 bits per heavy atom. The van der Waals surface area contributed by atoms with E-state index in [9.17, 15) is 4.21 Å². The van der Waals surface area contributed by atoms with Gasteiger partial charge in [-0.05, 0) is 13.0 Å². The van der Waals surface area contributed by atoms with Crippen LogP contribution >= 0.6 is 0 Å². The van der Waals surface area contributed by atoms with Crippen LogP contribution in [0.25, 0.3) is 0 Å². The fourth-order valence-corrected chi connectivity index (χ4v) is 1.38. The zero-order chi connectivity index (χ0) is 5.98. The molecule has 0 aromatic heterocycles. The Bertz CT molecular complexity index is 100. The summed E-state index contributed by atoms with van der Waals surface area (Å²) in [5, 5.41) is 2.98. The number of nitrogens with one attached hydrogen (secondary N) is 1. The first-order valence-corrected chi connectivity index (χ1v) is 3.78. The zero-order valence-electron chi connectivity index (χ0n) is 4.46. The molecule has 1 unspecified atom stereocenters. The number of hydrogen-bond acceptors (Lipinski definition) is 2. The average Bonchev–Trinajstić information content (AvgIpc) is 2.12. The monoisotopic (exact) mass is 135 g/mol. The summed E-state index contributed by atoms with van der Waals surface area (Å²) in [4.78, 5) is 0. The Morgan fingerprint density at radius 1 is 1.75 bits per heavy atom. The summed E-state index contributed by atoms with van der Waals surface area (Å²) in [7, 11) is 0. The summed E-state index contributed by atoms with van der Waals surface area (Å²) in [5.74, 6) is 0. The predicted octanol–water partition coefficient (Wildman–Crippen LogP) is -0.430. The number of hydrogen-bond donors (Lipinski definition) is 2. The van der Waals surface area contributed by atoms with Gasteiger partial charge in [0, 0.05) is 6.54 Å². The van der Waals surface area contributed by atoms with Gasteiger partial charge in [-0.3, -0.25) is 0 Å². The largest absolute Gasteiger partial charge is 0.315 e. The van der Waals surface area contributed by atoms with Crippen molar-refractivity contribution >= 4 is 11.1 Å². The lowest BCUT2D eigenvalue weighted by Gasteiger charge is -1.97. The first kappa shape index (κ1) is 6.19. The summed E-state index contributed by atoms with van der Waals surface area (Å²) in [6.45, 7) is 1.58. The van der Waals surface area contributed by atoms with Gasteiger partial charge in [0.15, 0.2) is 11.1 Å². The highest BCUT2D eigenvalue weighted by Gasteiger charge is 2.18. The molecule has 1 rings (SSSR count). The second kappa shape index (κ2) is 2.57. The second-order valence-electron chi connectivity index (χ2n) is 1.89. The maximum atomic E-state index is 10.3. The average molecular weight is 135 g/mol. The molecule has 0 amide bonds. The quantitative estimate of drug-likeness (QED) is 0.480. The molecule has 0 aromatic rings. The Hall–Kier alpha value is 0.0700. The van der Waals surface area contributed by atoms with Gasteiger partial charge in [-0.15, -0.1) is 0 Å². The minimum Gasteiger partial charge on any atom is -0.315 e. The summed E-state index contributed by atoms with van der Waals surface area (Å²) in [6, 6.07) is 0. The van der Waals surface area contributed by atoms with E-state index in [1.807, 2.05) is 0 Å². The molecule has 1 aliphatic heterocycles. The molecule has 0 aromatic carbocycles. The van der Waals surface area contributed by atoms with E-state index < -0.39 is 11.1 Å². The van der Waals surface area contributed by atoms with Crippen molar-refractivity contribution in [2.75, 3.05) is 13.1 Å². The minimum atomic E-state index is -1.60. The standard InChI is InChI=1S/C4H9NO2S/c6-8(7)4-1-2-5-3-4/h4-5H,1-3H2,(H,6,7)/t4-/m0/s1. The lowest BCUT2D eigenvalue weighted by atomic mass is 10.4. The Morgan fingerprint density at radius 3 is 2.75 bits per heavy atom. The van der Waals surface area contributed by atoms with E-state index >= 15 is 0 Å². The van der Waals surface area contributed by atoms with E-state index in [0.29, 0.717) is 6.54 Å². The van der Waals surface area contributed by atoms with Gasteiger partial charge in [-0.25, -0.2) is 4.21 Å². The molecule has 2 N–H and O–H groups in total. The van der Waals surface area contributed by atoms with Crippen molar-refractivity contribution in [2.45, 2.75) is 11.7 Å². The van der Waals surface area contributed by atoms with Crippen molar-refractivity contribution < 1.29 is 8.76 Å². The maximum Gasteiger partial charge on any atom is 0.157 e. The SMILES string of the molecule is O=S(O)[C@H]1CCNC1. The maximum absolute atomic E-state index is 10.3. The normalized spacial score (nSPS) is 32.9. The van der Waals surface area contributed by atoms with Gasteiger partial charge in [0.1, 0.15) is 0 Å². The molecule has 3 nitrogen and oxygen atoms in total. The molecule has 8 heavy (non-hydrogen) atoms. The van der Waals surface area contributed by atoms with Crippen molar-refractivity contribution in [1.29, 1.82) is 0 Å². The van der Waals surface area contributed by atoms with Crippen LogP contribution in [0.1, 0.15) is 6.42 Å². The topological polar surface area (TPSA) is 49.3 Å². The van der Waals surface area contributed by atoms with Crippen molar-refractivity contribution in [1.82, 2.24) is 5.32 Å².